The van der Waals surface area contributed by atoms with E-state index in [9.17, 15) is 4.79 Å². The molecule has 2 heterocycles. The molecule has 5 nitrogen and oxygen atoms in total. The molecule has 0 bridgehead atoms. The van der Waals surface area contributed by atoms with Gasteiger partial charge in [-0.05, 0) is 19.8 Å². The van der Waals surface area contributed by atoms with Crippen LogP contribution in [0.2, 0.25) is 5.15 Å². The predicted molar refractivity (Wildman–Crippen MR) is 62.3 cm³/mol. The number of rotatable bonds is 3. The molecule has 0 saturated carbocycles. The first kappa shape index (κ1) is 18.7. The summed E-state index contributed by atoms with van der Waals surface area (Å²) in [6.07, 6.45) is 3.20. The SMILES string of the molecule is CCOC(=O)c1cnn(C2CCOCC2)c1Cl.[Cl-].[Cu+]. The van der Waals surface area contributed by atoms with Crippen molar-refractivity contribution in [2.75, 3.05) is 19.8 Å². The maximum atomic E-state index is 11.6. The van der Waals surface area contributed by atoms with Gasteiger partial charge < -0.3 is 21.9 Å². The van der Waals surface area contributed by atoms with E-state index in [0.717, 1.165) is 12.8 Å². The molecule has 0 unspecified atom stereocenters. The molecule has 0 spiro atoms. The molecule has 0 atom stereocenters. The summed E-state index contributed by atoms with van der Waals surface area (Å²) in [5.74, 6) is -0.421. The topological polar surface area (TPSA) is 53.3 Å². The van der Waals surface area contributed by atoms with Crippen LogP contribution in [0, 0.1) is 0 Å². The van der Waals surface area contributed by atoms with E-state index >= 15 is 0 Å². The molecule has 112 valence electrons. The molecule has 1 aliphatic rings. The van der Waals surface area contributed by atoms with Crippen molar-refractivity contribution in [3.8, 4) is 0 Å². The Morgan fingerprint density at radius 3 is 2.79 bits per heavy atom. The van der Waals surface area contributed by atoms with Crippen LogP contribution in [0.1, 0.15) is 36.2 Å². The number of esters is 1. The van der Waals surface area contributed by atoms with Crippen molar-refractivity contribution in [1.82, 2.24) is 9.78 Å². The number of halogens is 2. The summed E-state index contributed by atoms with van der Waals surface area (Å²) in [5.41, 5.74) is 0.333. The van der Waals surface area contributed by atoms with Crippen molar-refractivity contribution in [1.29, 1.82) is 0 Å². The summed E-state index contributed by atoms with van der Waals surface area (Å²) < 4.78 is 11.9. The quantitative estimate of drug-likeness (QED) is 0.518. The van der Waals surface area contributed by atoms with Gasteiger partial charge in [-0.3, -0.25) is 0 Å². The van der Waals surface area contributed by atoms with Gasteiger partial charge in [-0.2, -0.15) is 5.10 Å². The first-order valence-electron chi connectivity index (χ1n) is 5.72. The molecule has 1 fully saturated rings. The van der Waals surface area contributed by atoms with Crippen LogP contribution in [0.5, 0.6) is 0 Å². The van der Waals surface area contributed by atoms with E-state index in [1.165, 1.54) is 6.20 Å². The number of hydrogen-bond acceptors (Lipinski definition) is 4. The fraction of sp³-hybridized carbons (Fsp3) is 0.636. The minimum atomic E-state index is -0.421. The fourth-order valence-electron chi connectivity index (χ4n) is 1.88. The number of hydrogen-bond donors (Lipinski definition) is 0. The number of carbonyl (C=O) groups excluding carboxylic acids is 1. The monoisotopic (exact) mass is 356 g/mol. The smallest absolute Gasteiger partial charge is 1.00 e. The number of aromatic nitrogens is 2. The van der Waals surface area contributed by atoms with Gasteiger partial charge in [0.2, 0.25) is 0 Å². The van der Waals surface area contributed by atoms with Crippen molar-refractivity contribution < 1.29 is 43.7 Å². The summed E-state index contributed by atoms with van der Waals surface area (Å²) in [6.45, 7) is 3.50. The second-order valence-electron chi connectivity index (χ2n) is 3.86. The molecule has 2 rings (SSSR count). The van der Waals surface area contributed by atoms with Crippen LogP contribution in [-0.4, -0.2) is 35.6 Å². The molecular formula is C11H15Cl2CuN2O3. The maximum absolute atomic E-state index is 11.6. The van der Waals surface area contributed by atoms with Gasteiger partial charge in [-0.25, -0.2) is 9.48 Å². The molecule has 1 aromatic rings. The molecule has 0 radical (unpaired) electrons. The Kier molecular flexibility index (Phi) is 8.70. The van der Waals surface area contributed by atoms with Crippen molar-refractivity contribution in [3.05, 3.63) is 16.9 Å². The van der Waals surface area contributed by atoms with Crippen molar-refractivity contribution in [3.63, 3.8) is 0 Å². The summed E-state index contributed by atoms with van der Waals surface area (Å²) in [7, 11) is 0. The van der Waals surface area contributed by atoms with Crippen LogP contribution in [-0.2, 0) is 26.5 Å². The van der Waals surface area contributed by atoms with E-state index in [-0.39, 0.29) is 35.5 Å². The Morgan fingerprint density at radius 1 is 1.58 bits per heavy atom. The van der Waals surface area contributed by atoms with Crippen molar-refractivity contribution in [2.24, 2.45) is 0 Å². The van der Waals surface area contributed by atoms with Gasteiger partial charge in [0.05, 0.1) is 18.8 Å². The van der Waals surface area contributed by atoms with E-state index in [1.807, 2.05) is 0 Å². The van der Waals surface area contributed by atoms with Crippen LogP contribution in [0.4, 0.5) is 0 Å². The largest absolute Gasteiger partial charge is 1.00 e. The average molecular weight is 358 g/mol. The average Bonchev–Trinajstić information content (AvgIpc) is 2.72. The van der Waals surface area contributed by atoms with E-state index in [4.69, 9.17) is 21.1 Å². The van der Waals surface area contributed by atoms with Crippen LogP contribution < -0.4 is 12.4 Å². The summed E-state index contributed by atoms with van der Waals surface area (Å²) >= 11 is 6.15. The van der Waals surface area contributed by atoms with Crippen LogP contribution in [0.15, 0.2) is 6.20 Å². The third kappa shape index (κ3) is 4.36. The van der Waals surface area contributed by atoms with E-state index in [2.05, 4.69) is 5.10 Å². The molecule has 0 aromatic carbocycles. The molecule has 0 N–H and O–H groups in total. The first-order valence-corrected chi connectivity index (χ1v) is 6.09. The van der Waals surface area contributed by atoms with Gasteiger partial charge in [0.1, 0.15) is 10.7 Å². The second kappa shape index (κ2) is 8.82. The van der Waals surface area contributed by atoms with E-state index < -0.39 is 5.97 Å². The third-order valence-corrected chi connectivity index (χ3v) is 3.14. The van der Waals surface area contributed by atoms with Gasteiger partial charge in [0.25, 0.3) is 0 Å². The Labute approximate surface area is 133 Å². The van der Waals surface area contributed by atoms with Gasteiger partial charge in [-0.1, -0.05) is 11.6 Å². The Balaban J connectivity index is 0.00000162. The Bertz CT molecular complexity index is 409. The van der Waals surface area contributed by atoms with Gasteiger partial charge in [0, 0.05) is 13.2 Å². The molecule has 1 aliphatic heterocycles. The van der Waals surface area contributed by atoms with E-state index in [0.29, 0.717) is 30.5 Å². The van der Waals surface area contributed by atoms with Crippen LogP contribution in [0.25, 0.3) is 0 Å². The zero-order valence-electron chi connectivity index (χ0n) is 10.4. The molecular weight excluding hydrogens is 343 g/mol. The van der Waals surface area contributed by atoms with Crippen molar-refractivity contribution >= 4 is 17.6 Å². The van der Waals surface area contributed by atoms with Gasteiger partial charge in [0.15, 0.2) is 0 Å². The summed E-state index contributed by atoms with van der Waals surface area (Å²) in [6, 6.07) is 0.208. The summed E-state index contributed by atoms with van der Waals surface area (Å²) in [4.78, 5) is 11.6. The molecule has 1 saturated heterocycles. The second-order valence-corrected chi connectivity index (χ2v) is 4.22. The van der Waals surface area contributed by atoms with Crippen molar-refractivity contribution in [2.45, 2.75) is 25.8 Å². The molecule has 0 aliphatic carbocycles. The minimum absolute atomic E-state index is 0. The van der Waals surface area contributed by atoms with Crippen LogP contribution >= 0.6 is 11.6 Å². The Hall–Kier alpha value is -0.261. The molecule has 19 heavy (non-hydrogen) atoms. The number of carbonyl (C=O) groups is 1. The zero-order chi connectivity index (χ0) is 12.3. The Morgan fingerprint density at radius 2 is 2.21 bits per heavy atom. The minimum Gasteiger partial charge on any atom is -1.00 e. The zero-order valence-corrected chi connectivity index (χ0v) is 12.8. The fourth-order valence-corrected chi connectivity index (χ4v) is 2.18. The number of ether oxygens (including phenoxy) is 2. The molecule has 1 aromatic heterocycles. The summed E-state index contributed by atoms with van der Waals surface area (Å²) in [5, 5.41) is 4.53. The normalized spacial score (nSPS) is 15.3. The van der Waals surface area contributed by atoms with Gasteiger partial charge in [-0.15, -0.1) is 0 Å². The van der Waals surface area contributed by atoms with E-state index in [1.54, 1.807) is 11.6 Å². The number of nitrogens with zero attached hydrogens (tertiary/aromatic N) is 2. The molecule has 8 heteroatoms. The first-order chi connectivity index (χ1) is 8.24. The van der Waals surface area contributed by atoms with Gasteiger partial charge >= 0.3 is 23.0 Å². The van der Waals surface area contributed by atoms with Crippen LogP contribution in [0.3, 0.4) is 0 Å². The maximum Gasteiger partial charge on any atom is 1.00 e. The predicted octanol–water partition coefficient (Wildman–Crippen LogP) is -0.934. The molecule has 0 amide bonds. The third-order valence-electron chi connectivity index (χ3n) is 2.77. The standard InChI is InChI=1S/C11H15ClN2O3.ClH.Cu/c1-2-17-11(15)9-7-13-14(10(9)12)8-3-5-16-6-4-8;;/h7-8H,2-6H2,1H3;1H;/q;;+1/p-1.